The molecule has 1 aromatic carbocycles. The molecular formula is C21H25N5O4. The average molecular weight is 411 g/mol. The number of aromatic nitrogens is 2. The Morgan fingerprint density at radius 2 is 1.93 bits per heavy atom. The van der Waals surface area contributed by atoms with Crippen molar-refractivity contribution in [2.45, 2.75) is 46.1 Å². The molecule has 1 saturated heterocycles. The van der Waals surface area contributed by atoms with Gasteiger partial charge in [-0.15, -0.1) is 0 Å². The van der Waals surface area contributed by atoms with E-state index in [2.05, 4.69) is 41.0 Å². The van der Waals surface area contributed by atoms with Gasteiger partial charge in [-0.3, -0.25) is 10.1 Å². The van der Waals surface area contributed by atoms with Crippen LogP contribution in [0.25, 0.3) is 0 Å². The summed E-state index contributed by atoms with van der Waals surface area (Å²) in [4.78, 5) is 33.1. The third-order valence-electron chi connectivity index (χ3n) is 6.07. The van der Waals surface area contributed by atoms with E-state index in [0.29, 0.717) is 11.5 Å². The number of nitro groups is 1. The molecule has 9 nitrogen and oxygen atoms in total. The second-order valence-electron chi connectivity index (χ2n) is 9.50. The summed E-state index contributed by atoms with van der Waals surface area (Å²) in [6, 6.07) is 6.19. The number of nitrogens with zero attached hydrogens (tertiary/aromatic N) is 4. The van der Waals surface area contributed by atoms with Crippen molar-refractivity contribution in [1.82, 2.24) is 9.97 Å². The van der Waals surface area contributed by atoms with E-state index < -0.39 is 10.9 Å². The Balaban J connectivity index is 1.69. The topological polar surface area (TPSA) is 121 Å². The molecule has 158 valence electrons. The maximum atomic E-state index is 12.0. The summed E-state index contributed by atoms with van der Waals surface area (Å²) in [6.07, 6.45) is 4.37. The molecule has 0 amide bonds. The van der Waals surface area contributed by atoms with Crippen molar-refractivity contribution in [3.05, 3.63) is 46.3 Å². The van der Waals surface area contributed by atoms with E-state index in [1.165, 1.54) is 18.5 Å². The lowest BCUT2D eigenvalue weighted by atomic mass is 9.65. The standard InChI is InChI=1S/C21H25N5O4/c1-20(2)8-15-9-21(3,10-20)11-25(15)18-16(26(29)30)17(22-12-23-18)24-14-6-4-13(5-7-14)19(27)28/h4-7,12,15H,8-11H2,1-3H3,(H,27,28)(H,22,23,24). The predicted octanol–water partition coefficient (Wildman–Crippen LogP) is 4.23. The van der Waals surface area contributed by atoms with E-state index in [4.69, 9.17) is 5.11 Å². The molecule has 0 spiro atoms. The Labute approximate surface area is 174 Å². The summed E-state index contributed by atoms with van der Waals surface area (Å²) < 4.78 is 0. The summed E-state index contributed by atoms with van der Waals surface area (Å²) in [6.45, 7) is 7.48. The number of fused-ring (bicyclic) bond motifs is 2. The molecule has 1 aliphatic heterocycles. The molecule has 2 N–H and O–H groups in total. The van der Waals surface area contributed by atoms with Crippen LogP contribution in [0.4, 0.5) is 23.0 Å². The fourth-order valence-corrected chi connectivity index (χ4v) is 5.38. The van der Waals surface area contributed by atoms with Gasteiger partial charge in [0.15, 0.2) is 0 Å². The Morgan fingerprint density at radius 3 is 2.57 bits per heavy atom. The average Bonchev–Trinajstić information content (AvgIpc) is 2.90. The van der Waals surface area contributed by atoms with Crippen LogP contribution in [0.5, 0.6) is 0 Å². The Kier molecular flexibility index (Phi) is 4.63. The Hall–Kier alpha value is -3.23. The SMILES string of the molecule is CC1(C)CC2CC(C)(CN2c2ncnc(Nc3ccc(C(=O)O)cc3)c2[N+](=O)[O-])C1. The third-order valence-corrected chi connectivity index (χ3v) is 6.07. The van der Waals surface area contributed by atoms with Crippen molar-refractivity contribution >= 4 is 29.0 Å². The molecule has 4 rings (SSSR count). The van der Waals surface area contributed by atoms with E-state index in [1.807, 2.05) is 0 Å². The van der Waals surface area contributed by atoms with Gasteiger partial charge in [0.05, 0.1) is 10.5 Å². The molecule has 30 heavy (non-hydrogen) atoms. The van der Waals surface area contributed by atoms with Gasteiger partial charge >= 0.3 is 11.7 Å². The number of carbonyl (C=O) groups is 1. The van der Waals surface area contributed by atoms with Crippen LogP contribution in [0.3, 0.4) is 0 Å². The lowest BCUT2D eigenvalue weighted by Gasteiger charge is -2.39. The van der Waals surface area contributed by atoms with Crippen molar-refractivity contribution in [2.75, 3.05) is 16.8 Å². The summed E-state index contributed by atoms with van der Waals surface area (Å²) in [5, 5.41) is 24.0. The zero-order chi connectivity index (χ0) is 21.7. The molecular weight excluding hydrogens is 386 g/mol. The molecule has 2 fully saturated rings. The van der Waals surface area contributed by atoms with Crippen molar-refractivity contribution in [2.24, 2.45) is 10.8 Å². The molecule has 2 atom stereocenters. The number of carboxylic acid groups (broad SMARTS) is 1. The molecule has 2 unspecified atom stereocenters. The minimum Gasteiger partial charge on any atom is -0.478 e. The lowest BCUT2D eigenvalue weighted by Crippen LogP contribution is -2.35. The number of nitrogens with one attached hydrogen (secondary N) is 1. The fourth-order valence-electron chi connectivity index (χ4n) is 5.38. The zero-order valence-corrected chi connectivity index (χ0v) is 17.3. The zero-order valence-electron chi connectivity index (χ0n) is 17.3. The second-order valence-corrected chi connectivity index (χ2v) is 9.50. The van der Waals surface area contributed by atoms with Gasteiger partial charge in [-0.1, -0.05) is 20.8 Å². The fraction of sp³-hybridized carbons (Fsp3) is 0.476. The molecule has 2 heterocycles. The maximum absolute atomic E-state index is 12.0. The van der Waals surface area contributed by atoms with Gasteiger partial charge in [-0.05, 0) is 54.4 Å². The van der Waals surface area contributed by atoms with Crippen molar-refractivity contribution in [3.8, 4) is 0 Å². The smallest absolute Gasteiger partial charge is 0.353 e. The van der Waals surface area contributed by atoms with Crippen LogP contribution in [0.1, 0.15) is 50.4 Å². The van der Waals surface area contributed by atoms with Crippen molar-refractivity contribution < 1.29 is 14.8 Å². The van der Waals surface area contributed by atoms with Crippen molar-refractivity contribution in [3.63, 3.8) is 0 Å². The molecule has 2 aromatic rings. The number of carboxylic acids is 1. The molecule has 1 aliphatic carbocycles. The second kappa shape index (κ2) is 6.93. The minimum absolute atomic E-state index is 0.0962. The molecule has 2 bridgehead atoms. The van der Waals surface area contributed by atoms with E-state index in [0.717, 1.165) is 25.8 Å². The molecule has 1 saturated carbocycles. The number of aromatic carboxylic acids is 1. The molecule has 0 radical (unpaired) electrons. The van der Waals surface area contributed by atoms with Crippen LogP contribution in [0, 0.1) is 20.9 Å². The summed E-state index contributed by atoms with van der Waals surface area (Å²) >= 11 is 0. The highest BCUT2D eigenvalue weighted by Gasteiger charge is 2.51. The summed E-state index contributed by atoms with van der Waals surface area (Å²) in [5.41, 5.74) is 0.778. The van der Waals surface area contributed by atoms with Gasteiger partial charge in [-0.25, -0.2) is 14.8 Å². The van der Waals surface area contributed by atoms with Gasteiger partial charge in [0.1, 0.15) is 6.33 Å². The molecule has 9 heteroatoms. The van der Waals surface area contributed by atoms with E-state index in [9.17, 15) is 14.9 Å². The lowest BCUT2D eigenvalue weighted by molar-refractivity contribution is -0.383. The van der Waals surface area contributed by atoms with Crippen LogP contribution in [0.2, 0.25) is 0 Å². The number of benzene rings is 1. The molecule has 1 aromatic heterocycles. The first-order valence-electron chi connectivity index (χ1n) is 9.93. The van der Waals surface area contributed by atoms with E-state index in [-0.39, 0.29) is 33.9 Å². The molecule has 2 aliphatic rings. The quantitative estimate of drug-likeness (QED) is 0.554. The van der Waals surface area contributed by atoms with Gasteiger partial charge in [0.25, 0.3) is 0 Å². The number of hydrogen-bond donors (Lipinski definition) is 2. The number of hydrogen-bond acceptors (Lipinski definition) is 7. The van der Waals surface area contributed by atoms with Gasteiger partial charge in [0.2, 0.25) is 11.6 Å². The summed E-state index contributed by atoms with van der Waals surface area (Å²) in [7, 11) is 0. The van der Waals surface area contributed by atoms with Crippen LogP contribution < -0.4 is 10.2 Å². The summed E-state index contributed by atoms with van der Waals surface area (Å²) in [5.74, 6) is -0.599. The third kappa shape index (κ3) is 3.67. The van der Waals surface area contributed by atoms with Crippen LogP contribution in [-0.4, -0.2) is 38.6 Å². The Bertz CT molecular complexity index is 1010. The van der Waals surface area contributed by atoms with Gasteiger partial charge in [0, 0.05) is 18.3 Å². The first kappa shape index (κ1) is 20.1. The van der Waals surface area contributed by atoms with E-state index >= 15 is 0 Å². The number of rotatable bonds is 5. The van der Waals surface area contributed by atoms with Crippen LogP contribution >= 0.6 is 0 Å². The van der Waals surface area contributed by atoms with Crippen LogP contribution in [-0.2, 0) is 0 Å². The largest absolute Gasteiger partial charge is 0.478 e. The maximum Gasteiger partial charge on any atom is 0.353 e. The Morgan fingerprint density at radius 1 is 1.23 bits per heavy atom. The highest BCUT2D eigenvalue weighted by Crippen LogP contribution is 2.54. The van der Waals surface area contributed by atoms with Gasteiger partial charge < -0.3 is 15.3 Å². The van der Waals surface area contributed by atoms with E-state index in [1.54, 1.807) is 12.1 Å². The minimum atomic E-state index is -1.03. The normalized spacial score (nSPS) is 24.5. The predicted molar refractivity (Wildman–Crippen MR) is 112 cm³/mol. The van der Waals surface area contributed by atoms with Crippen molar-refractivity contribution in [1.29, 1.82) is 0 Å². The first-order chi connectivity index (χ1) is 14.1. The monoisotopic (exact) mass is 411 g/mol. The van der Waals surface area contributed by atoms with Gasteiger partial charge in [-0.2, -0.15) is 0 Å². The highest BCUT2D eigenvalue weighted by molar-refractivity contribution is 5.88. The number of anilines is 3. The first-order valence-corrected chi connectivity index (χ1v) is 9.93. The van der Waals surface area contributed by atoms with Crippen LogP contribution in [0.15, 0.2) is 30.6 Å². The highest BCUT2D eigenvalue weighted by atomic mass is 16.6.